The molecule has 0 heterocycles. The Balaban J connectivity index is 2.44. The minimum atomic E-state index is -0.386. The van der Waals surface area contributed by atoms with Crippen LogP contribution in [0.15, 0.2) is 48.5 Å². The molecule has 0 saturated heterocycles. The average molecular weight is 257 g/mol. The van der Waals surface area contributed by atoms with Crippen LogP contribution in [0.5, 0.6) is 0 Å². The predicted molar refractivity (Wildman–Crippen MR) is 77.1 cm³/mol. The zero-order chi connectivity index (χ0) is 13.8. The number of hydrogen-bond donors (Lipinski definition) is 1. The van der Waals surface area contributed by atoms with Crippen LogP contribution < -0.4 is 10.2 Å². The van der Waals surface area contributed by atoms with Gasteiger partial charge in [0, 0.05) is 43.3 Å². The van der Waals surface area contributed by atoms with E-state index < -0.39 is 0 Å². The third-order valence-corrected chi connectivity index (χ3v) is 2.93. The van der Waals surface area contributed by atoms with E-state index in [1.807, 2.05) is 48.3 Å². The number of nitro benzene ring substituents is 1. The summed E-state index contributed by atoms with van der Waals surface area (Å²) in [6, 6.07) is 14.7. The van der Waals surface area contributed by atoms with E-state index in [-0.39, 0.29) is 10.6 Å². The predicted octanol–water partition coefficient (Wildman–Crippen LogP) is 3.40. The van der Waals surface area contributed by atoms with E-state index >= 15 is 0 Å². The second-order valence-electron chi connectivity index (χ2n) is 4.14. The monoisotopic (exact) mass is 257 g/mol. The highest BCUT2D eigenvalue weighted by molar-refractivity contribution is 5.70. The Labute approximate surface area is 111 Å². The maximum atomic E-state index is 10.9. The molecule has 98 valence electrons. The Hall–Kier alpha value is -2.56. The summed E-state index contributed by atoms with van der Waals surface area (Å²) in [5, 5.41) is 13.9. The van der Waals surface area contributed by atoms with Crippen LogP contribution >= 0.6 is 0 Å². The Morgan fingerprint density at radius 3 is 2.37 bits per heavy atom. The molecule has 0 bridgehead atoms. The first-order chi connectivity index (χ1) is 9.11. The minimum Gasteiger partial charge on any atom is -0.388 e. The van der Waals surface area contributed by atoms with Crippen molar-refractivity contribution in [3.8, 4) is 0 Å². The van der Waals surface area contributed by atoms with Crippen LogP contribution in [0.25, 0.3) is 0 Å². The van der Waals surface area contributed by atoms with Crippen molar-refractivity contribution in [2.45, 2.75) is 0 Å². The van der Waals surface area contributed by atoms with Gasteiger partial charge in [0.05, 0.1) is 4.92 Å². The number of benzene rings is 2. The Morgan fingerprint density at radius 1 is 1.11 bits per heavy atom. The van der Waals surface area contributed by atoms with Crippen molar-refractivity contribution in [1.29, 1.82) is 0 Å². The summed E-state index contributed by atoms with van der Waals surface area (Å²) in [5.41, 5.74) is 2.53. The lowest BCUT2D eigenvalue weighted by Gasteiger charge is -2.20. The Bertz CT molecular complexity index is 584. The Morgan fingerprint density at radius 2 is 1.79 bits per heavy atom. The van der Waals surface area contributed by atoms with E-state index in [0.717, 1.165) is 11.4 Å². The molecular weight excluding hydrogens is 242 g/mol. The van der Waals surface area contributed by atoms with Crippen LogP contribution in [0.2, 0.25) is 0 Å². The highest BCUT2D eigenvalue weighted by Crippen LogP contribution is 2.30. The molecule has 0 unspecified atom stereocenters. The Kier molecular flexibility index (Phi) is 3.66. The van der Waals surface area contributed by atoms with Gasteiger partial charge in [-0.1, -0.05) is 18.2 Å². The van der Waals surface area contributed by atoms with Crippen LogP contribution in [-0.2, 0) is 0 Å². The fourth-order valence-electron chi connectivity index (χ4n) is 1.84. The van der Waals surface area contributed by atoms with Gasteiger partial charge in [-0.3, -0.25) is 10.1 Å². The van der Waals surface area contributed by atoms with Gasteiger partial charge in [0.2, 0.25) is 0 Å². The number of nitrogens with one attached hydrogen (secondary N) is 1. The quantitative estimate of drug-likeness (QED) is 0.673. The van der Waals surface area contributed by atoms with Crippen LogP contribution in [0.4, 0.5) is 22.7 Å². The fourth-order valence-corrected chi connectivity index (χ4v) is 1.84. The summed E-state index contributed by atoms with van der Waals surface area (Å²) in [5.74, 6) is 0. The van der Waals surface area contributed by atoms with Crippen molar-refractivity contribution < 1.29 is 4.92 Å². The van der Waals surface area contributed by atoms with Gasteiger partial charge >= 0.3 is 0 Å². The molecule has 0 spiro atoms. The molecule has 5 nitrogen and oxygen atoms in total. The number of nitrogens with zero attached hydrogens (tertiary/aromatic N) is 2. The molecule has 0 aliphatic rings. The molecule has 0 radical (unpaired) electrons. The summed E-state index contributed by atoms with van der Waals surface area (Å²) in [6.45, 7) is 0. The normalized spacial score (nSPS) is 10.0. The number of hydrogen-bond acceptors (Lipinski definition) is 4. The zero-order valence-corrected chi connectivity index (χ0v) is 10.8. The van der Waals surface area contributed by atoms with Crippen molar-refractivity contribution in [3.05, 3.63) is 58.6 Å². The van der Waals surface area contributed by atoms with E-state index in [9.17, 15) is 10.1 Å². The molecule has 0 fully saturated rings. The molecule has 0 saturated carbocycles. The smallest absolute Gasteiger partial charge is 0.273 e. The molecular formula is C14H15N3O2. The van der Waals surface area contributed by atoms with Crippen molar-refractivity contribution in [2.75, 3.05) is 24.3 Å². The first-order valence-corrected chi connectivity index (χ1v) is 5.88. The first kappa shape index (κ1) is 12.9. The van der Waals surface area contributed by atoms with Crippen LogP contribution in [0, 0.1) is 10.1 Å². The summed E-state index contributed by atoms with van der Waals surface area (Å²) >= 11 is 0. The average Bonchev–Trinajstić information content (AvgIpc) is 2.46. The van der Waals surface area contributed by atoms with E-state index in [2.05, 4.69) is 5.32 Å². The van der Waals surface area contributed by atoms with Gasteiger partial charge in [-0.2, -0.15) is 0 Å². The third-order valence-electron chi connectivity index (χ3n) is 2.93. The summed E-state index contributed by atoms with van der Waals surface area (Å²) < 4.78 is 0. The lowest BCUT2D eigenvalue weighted by atomic mass is 10.2. The molecule has 0 aliphatic carbocycles. The highest BCUT2D eigenvalue weighted by Gasteiger charge is 2.12. The number of non-ortho nitro benzene ring substituents is 1. The molecule has 0 aromatic heterocycles. The summed E-state index contributed by atoms with van der Waals surface area (Å²) in [7, 11) is 3.62. The molecule has 2 rings (SSSR count). The summed E-state index contributed by atoms with van der Waals surface area (Å²) in [6.07, 6.45) is 0. The minimum absolute atomic E-state index is 0.0737. The molecule has 0 amide bonds. The lowest BCUT2D eigenvalue weighted by Crippen LogP contribution is -2.10. The molecule has 2 aromatic carbocycles. The second kappa shape index (κ2) is 5.39. The standard InChI is InChI=1S/C14H15N3O2/c1-15-11-8-13(10-14(9-11)17(18)19)16(2)12-6-4-3-5-7-12/h3-10,15H,1-2H3. The SMILES string of the molecule is CNc1cc(N(C)c2ccccc2)cc([N+](=O)[O-])c1. The topological polar surface area (TPSA) is 58.4 Å². The molecule has 5 heteroatoms. The van der Waals surface area contributed by atoms with Gasteiger partial charge in [-0.05, 0) is 18.2 Å². The first-order valence-electron chi connectivity index (χ1n) is 5.88. The molecule has 0 aliphatic heterocycles. The maximum Gasteiger partial charge on any atom is 0.273 e. The summed E-state index contributed by atoms with van der Waals surface area (Å²) in [4.78, 5) is 12.5. The van der Waals surface area contributed by atoms with Crippen LogP contribution in [0.1, 0.15) is 0 Å². The molecule has 19 heavy (non-hydrogen) atoms. The molecule has 1 N–H and O–H groups in total. The number of para-hydroxylation sites is 1. The van der Waals surface area contributed by atoms with E-state index in [1.165, 1.54) is 6.07 Å². The van der Waals surface area contributed by atoms with Gasteiger partial charge in [0.25, 0.3) is 5.69 Å². The number of anilines is 3. The van der Waals surface area contributed by atoms with Gasteiger partial charge < -0.3 is 10.2 Å². The van der Waals surface area contributed by atoms with E-state index in [1.54, 1.807) is 13.1 Å². The fraction of sp³-hybridized carbons (Fsp3) is 0.143. The van der Waals surface area contributed by atoms with Gasteiger partial charge in [0.15, 0.2) is 0 Å². The van der Waals surface area contributed by atoms with Gasteiger partial charge in [-0.15, -0.1) is 0 Å². The molecule has 0 atom stereocenters. The van der Waals surface area contributed by atoms with Crippen molar-refractivity contribution in [3.63, 3.8) is 0 Å². The molecule has 2 aromatic rings. The zero-order valence-electron chi connectivity index (χ0n) is 10.8. The largest absolute Gasteiger partial charge is 0.388 e. The van der Waals surface area contributed by atoms with Crippen molar-refractivity contribution in [1.82, 2.24) is 0 Å². The van der Waals surface area contributed by atoms with Gasteiger partial charge in [-0.25, -0.2) is 0 Å². The number of rotatable bonds is 4. The number of nitro groups is 1. The maximum absolute atomic E-state index is 10.9. The lowest BCUT2D eigenvalue weighted by molar-refractivity contribution is -0.384. The van der Waals surface area contributed by atoms with E-state index in [4.69, 9.17) is 0 Å². The van der Waals surface area contributed by atoms with Crippen molar-refractivity contribution in [2.24, 2.45) is 0 Å². The second-order valence-corrected chi connectivity index (χ2v) is 4.14. The van der Waals surface area contributed by atoms with Crippen molar-refractivity contribution >= 4 is 22.7 Å². The van der Waals surface area contributed by atoms with E-state index in [0.29, 0.717) is 5.69 Å². The highest BCUT2D eigenvalue weighted by atomic mass is 16.6. The van der Waals surface area contributed by atoms with Gasteiger partial charge in [0.1, 0.15) is 0 Å². The van der Waals surface area contributed by atoms with Crippen LogP contribution in [0.3, 0.4) is 0 Å². The third kappa shape index (κ3) is 2.82. The van der Waals surface area contributed by atoms with Crippen LogP contribution in [-0.4, -0.2) is 19.0 Å².